The van der Waals surface area contributed by atoms with Crippen molar-refractivity contribution in [3.8, 4) is 0 Å². The summed E-state index contributed by atoms with van der Waals surface area (Å²) < 4.78 is 41.3. The zero-order valence-electron chi connectivity index (χ0n) is 15.6. The molecule has 0 aliphatic carbocycles. The summed E-state index contributed by atoms with van der Waals surface area (Å²) in [6.07, 6.45) is -2.58. The van der Waals surface area contributed by atoms with Crippen LogP contribution in [0.4, 0.5) is 18.4 Å². The van der Waals surface area contributed by atoms with Crippen molar-refractivity contribution >= 4 is 24.1 Å². The fourth-order valence-electron chi connectivity index (χ4n) is 1.33. The number of amides is 2. The van der Waals surface area contributed by atoms with E-state index in [0.29, 0.717) is 0 Å². The first-order valence-corrected chi connectivity index (χ1v) is 7.84. The van der Waals surface area contributed by atoms with Crippen molar-refractivity contribution in [1.29, 1.82) is 0 Å². The molecule has 0 saturated heterocycles. The van der Waals surface area contributed by atoms with Gasteiger partial charge in [-0.25, -0.2) is 19.4 Å². The number of hydrogen-bond donors (Lipinski definition) is 2. The van der Waals surface area contributed by atoms with Crippen LogP contribution in [0.5, 0.6) is 0 Å². The van der Waals surface area contributed by atoms with Crippen LogP contribution in [-0.4, -0.2) is 54.9 Å². The minimum absolute atomic E-state index is 0.236. The number of alkyl halides is 2. The number of nitrogens with zero attached hydrogens (tertiary/aromatic N) is 1. The number of nitrogens with one attached hydrogen (secondary N) is 2. The van der Waals surface area contributed by atoms with Crippen LogP contribution in [0.2, 0.25) is 0 Å². The predicted octanol–water partition coefficient (Wildman–Crippen LogP) is 2.20. The zero-order valence-corrected chi connectivity index (χ0v) is 15.6. The third-order valence-electron chi connectivity index (χ3n) is 2.19. The number of carbonyl (C=O) groups is 3. The predicted molar refractivity (Wildman–Crippen MR) is 88.0 cm³/mol. The summed E-state index contributed by atoms with van der Waals surface area (Å²) in [7, 11) is 0. The van der Waals surface area contributed by atoms with E-state index < -0.39 is 48.3 Å². The van der Waals surface area contributed by atoms with Crippen LogP contribution in [0.25, 0.3) is 0 Å². The van der Waals surface area contributed by atoms with Gasteiger partial charge in [0.2, 0.25) is 5.96 Å². The normalized spacial score (nSPS) is 12.4. The number of halogens is 2. The molecule has 0 unspecified atom stereocenters. The molecule has 0 heterocycles. The van der Waals surface area contributed by atoms with Crippen molar-refractivity contribution in [3.63, 3.8) is 0 Å². The summed E-state index contributed by atoms with van der Waals surface area (Å²) in [6.45, 7) is 7.64. The van der Waals surface area contributed by atoms with Crippen LogP contribution in [0, 0.1) is 0 Å². The van der Waals surface area contributed by atoms with Gasteiger partial charge in [0.25, 0.3) is 0 Å². The molecule has 0 atom stereocenters. The first kappa shape index (κ1) is 23.5. The van der Waals surface area contributed by atoms with E-state index >= 15 is 0 Å². The average Bonchev–Trinajstić information content (AvgIpc) is 2.42. The van der Waals surface area contributed by atoms with E-state index in [1.54, 1.807) is 34.6 Å². The number of ether oxygens (including phenoxy) is 3. The highest BCUT2D eigenvalue weighted by molar-refractivity contribution is 6.01. The average molecular weight is 381 g/mol. The van der Waals surface area contributed by atoms with Gasteiger partial charge in [-0.15, -0.1) is 0 Å². The molecular formula is C15H25F2N3O6. The molecule has 11 heteroatoms. The van der Waals surface area contributed by atoms with Crippen LogP contribution in [-0.2, 0) is 19.0 Å². The van der Waals surface area contributed by atoms with Crippen molar-refractivity contribution in [1.82, 2.24) is 10.6 Å². The number of carbonyl (C=O) groups excluding carboxylic acids is 3. The Kier molecular flexibility index (Phi) is 8.94. The van der Waals surface area contributed by atoms with Gasteiger partial charge in [-0.1, -0.05) is 0 Å². The molecule has 0 fully saturated rings. The number of alkyl carbamates (subject to hydrolysis) is 2. The quantitative estimate of drug-likeness (QED) is 0.326. The van der Waals surface area contributed by atoms with Crippen LogP contribution in [0.1, 0.15) is 41.5 Å². The van der Waals surface area contributed by atoms with Crippen LogP contribution < -0.4 is 10.6 Å². The minimum Gasteiger partial charge on any atom is -0.462 e. The highest BCUT2D eigenvalue weighted by atomic mass is 19.3. The van der Waals surface area contributed by atoms with Gasteiger partial charge in [0.05, 0.1) is 12.7 Å². The van der Waals surface area contributed by atoms with Crippen LogP contribution >= 0.6 is 0 Å². The van der Waals surface area contributed by atoms with Gasteiger partial charge in [-0.05, 0) is 41.5 Å². The number of guanidine groups is 1. The summed E-state index contributed by atoms with van der Waals surface area (Å²) in [6, 6.07) is 0. The highest BCUT2D eigenvalue weighted by Gasteiger charge is 2.40. The number of rotatable bonds is 5. The lowest BCUT2D eigenvalue weighted by molar-refractivity contribution is -0.169. The Morgan fingerprint density at radius 1 is 1.08 bits per heavy atom. The second-order valence-electron chi connectivity index (χ2n) is 6.30. The maximum atomic E-state index is 13.7. The topological polar surface area (TPSA) is 115 Å². The van der Waals surface area contributed by atoms with E-state index in [1.165, 1.54) is 6.92 Å². The van der Waals surface area contributed by atoms with E-state index in [2.05, 4.69) is 9.73 Å². The van der Waals surface area contributed by atoms with E-state index in [1.807, 2.05) is 10.6 Å². The molecular weight excluding hydrogens is 356 g/mol. The lowest BCUT2D eigenvalue weighted by Gasteiger charge is -2.20. The van der Waals surface area contributed by atoms with Gasteiger partial charge >= 0.3 is 24.1 Å². The van der Waals surface area contributed by atoms with Crippen molar-refractivity contribution in [3.05, 3.63) is 0 Å². The van der Waals surface area contributed by atoms with Crippen molar-refractivity contribution < 1.29 is 37.4 Å². The summed E-state index contributed by atoms with van der Waals surface area (Å²) in [5.74, 6) is -6.38. The number of esters is 1. The molecule has 26 heavy (non-hydrogen) atoms. The Morgan fingerprint density at radius 3 is 2.08 bits per heavy atom. The summed E-state index contributed by atoms with van der Waals surface area (Å²) >= 11 is 0. The Morgan fingerprint density at radius 2 is 1.62 bits per heavy atom. The molecule has 0 bridgehead atoms. The van der Waals surface area contributed by atoms with Gasteiger partial charge in [-0.3, -0.25) is 10.6 Å². The Labute approximate surface area is 150 Å². The molecule has 0 aromatic carbocycles. The summed E-state index contributed by atoms with van der Waals surface area (Å²) in [4.78, 5) is 37.9. The number of aliphatic imine (C=N–C) groups is 1. The smallest absolute Gasteiger partial charge is 0.414 e. The van der Waals surface area contributed by atoms with Crippen molar-refractivity contribution in [2.24, 2.45) is 4.99 Å². The molecule has 0 aromatic heterocycles. The summed E-state index contributed by atoms with van der Waals surface area (Å²) in [5, 5.41) is 4.01. The van der Waals surface area contributed by atoms with Crippen LogP contribution in [0.3, 0.4) is 0 Å². The molecule has 2 N–H and O–H groups in total. The SMILES string of the molecule is CCOC(=O)C(F)(F)CN=C(NC(=O)OC(C)C)NC(=O)OC(C)(C)C. The Hall–Kier alpha value is -2.46. The molecule has 0 aromatic rings. The molecule has 0 radical (unpaired) electrons. The monoisotopic (exact) mass is 381 g/mol. The van der Waals surface area contributed by atoms with Crippen molar-refractivity contribution in [2.45, 2.75) is 59.2 Å². The van der Waals surface area contributed by atoms with Crippen LogP contribution in [0.15, 0.2) is 4.99 Å². The molecule has 150 valence electrons. The van der Waals surface area contributed by atoms with Gasteiger partial charge in [-0.2, -0.15) is 8.78 Å². The highest BCUT2D eigenvalue weighted by Crippen LogP contribution is 2.16. The Bertz CT molecular complexity index is 544. The third kappa shape index (κ3) is 10.4. The van der Waals surface area contributed by atoms with Gasteiger partial charge in [0.15, 0.2) is 0 Å². The first-order valence-electron chi connectivity index (χ1n) is 7.84. The van der Waals surface area contributed by atoms with E-state index in [9.17, 15) is 23.2 Å². The first-order chi connectivity index (χ1) is 11.8. The fraction of sp³-hybridized carbons (Fsp3) is 0.733. The summed E-state index contributed by atoms with van der Waals surface area (Å²) in [5.41, 5.74) is -0.873. The second-order valence-corrected chi connectivity index (χ2v) is 6.30. The van der Waals surface area contributed by atoms with Gasteiger partial charge < -0.3 is 14.2 Å². The maximum absolute atomic E-state index is 13.7. The van der Waals surface area contributed by atoms with E-state index in [-0.39, 0.29) is 6.61 Å². The Balaban J connectivity index is 5.20. The van der Waals surface area contributed by atoms with E-state index in [4.69, 9.17) is 9.47 Å². The van der Waals surface area contributed by atoms with Gasteiger partial charge in [0.1, 0.15) is 12.1 Å². The van der Waals surface area contributed by atoms with Gasteiger partial charge in [0, 0.05) is 0 Å². The lowest BCUT2D eigenvalue weighted by Crippen LogP contribution is -2.47. The molecule has 0 aliphatic rings. The number of hydrogen-bond acceptors (Lipinski definition) is 7. The molecule has 0 saturated carbocycles. The fourth-order valence-corrected chi connectivity index (χ4v) is 1.33. The van der Waals surface area contributed by atoms with E-state index in [0.717, 1.165) is 0 Å². The third-order valence-corrected chi connectivity index (χ3v) is 2.19. The molecule has 0 aliphatic heterocycles. The van der Waals surface area contributed by atoms with Crippen molar-refractivity contribution in [2.75, 3.05) is 13.2 Å². The maximum Gasteiger partial charge on any atom is 0.414 e. The zero-order chi connectivity index (χ0) is 20.5. The molecule has 0 spiro atoms. The molecule has 0 rings (SSSR count). The lowest BCUT2D eigenvalue weighted by atomic mass is 10.2. The minimum atomic E-state index is -3.94. The standard InChI is InChI=1S/C15H25F2N3O6/c1-7-24-10(21)15(16,17)8-18-11(19-12(22)25-9(2)3)20-13(23)26-14(4,5)6/h9H,7-8H2,1-6H3,(H2,18,19,20,22,23). The molecule has 2 amide bonds. The largest absolute Gasteiger partial charge is 0.462 e. The second kappa shape index (κ2) is 9.88. The molecule has 9 nitrogen and oxygen atoms in total.